The number of benzene rings is 1. The third-order valence-corrected chi connectivity index (χ3v) is 4.14. The molecule has 3 atom stereocenters. The number of aliphatic hydroxyl groups excluding tert-OH is 1. The number of carbonyl (C=O) groups excluding carboxylic acids is 2. The van der Waals surface area contributed by atoms with E-state index in [-0.39, 0.29) is 30.2 Å². The van der Waals surface area contributed by atoms with Crippen molar-refractivity contribution in [3.63, 3.8) is 0 Å². The topological polar surface area (TPSA) is 57.6 Å². The molecular weight excluding hydrogens is 254 g/mol. The highest BCUT2D eigenvalue weighted by Gasteiger charge is 2.47. The van der Waals surface area contributed by atoms with Crippen molar-refractivity contribution in [2.75, 3.05) is 6.54 Å². The first-order chi connectivity index (χ1) is 9.68. The monoisotopic (exact) mass is 271 g/mol. The lowest BCUT2D eigenvalue weighted by molar-refractivity contribution is -0.141. The van der Waals surface area contributed by atoms with E-state index in [1.165, 1.54) is 4.90 Å². The number of imide groups is 1. The molecule has 1 saturated heterocycles. The van der Waals surface area contributed by atoms with Gasteiger partial charge >= 0.3 is 0 Å². The maximum absolute atomic E-state index is 12.3. The Kier molecular flexibility index (Phi) is 3.40. The maximum Gasteiger partial charge on any atom is 0.233 e. The molecule has 0 radical (unpaired) electrons. The van der Waals surface area contributed by atoms with Crippen LogP contribution in [0.1, 0.15) is 24.5 Å². The molecule has 4 nitrogen and oxygen atoms in total. The van der Waals surface area contributed by atoms with Gasteiger partial charge in [0.2, 0.25) is 11.8 Å². The van der Waals surface area contributed by atoms with Crippen LogP contribution in [0, 0.1) is 11.8 Å². The Hall–Kier alpha value is -1.94. The Labute approximate surface area is 117 Å². The number of amides is 2. The van der Waals surface area contributed by atoms with Crippen LogP contribution in [0.25, 0.3) is 0 Å². The summed E-state index contributed by atoms with van der Waals surface area (Å²) in [5, 5.41) is 10.2. The number of hydrogen-bond donors (Lipinski definition) is 1. The van der Waals surface area contributed by atoms with Gasteiger partial charge in [0, 0.05) is 0 Å². The van der Waals surface area contributed by atoms with E-state index in [4.69, 9.17) is 0 Å². The number of fused-ring (bicyclic) bond motifs is 1. The molecular formula is C16H17NO3. The summed E-state index contributed by atoms with van der Waals surface area (Å²) in [5.41, 5.74) is 0.723. The second kappa shape index (κ2) is 5.21. The molecule has 2 amide bonds. The normalized spacial score (nSPS) is 26.8. The first kappa shape index (κ1) is 13.1. The largest absolute Gasteiger partial charge is 0.387 e. The van der Waals surface area contributed by atoms with Crippen LogP contribution in [-0.2, 0) is 9.59 Å². The van der Waals surface area contributed by atoms with E-state index >= 15 is 0 Å². The minimum absolute atomic E-state index is 0.0503. The first-order valence-electron chi connectivity index (χ1n) is 6.91. The van der Waals surface area contributed by atoms with Crippen LogP contribution in [0.15, 0.2) is 42.5 Å². The summed E-state index contributed by atoms with van der Waals surface area (Å²) in [6.07, 6.45) is 4.37. The fourth-order valence-corrected chi connectivity index (χ4v) is 3.00. The fraction of sp³-hybridized carbons (Fsp3) is 0.375. The van der Waals surface area contributed by atoms with Gasteiger partial charge < -0.3 is 5.11 Å². The van der Waals surface area contributed by atoms with E-state index in [2.05, 4.69) is 0 Å². The molecule has 1 aliphatic heterocycles. The lowest BCUT2D eigenvalue weighted by atomic mass is 9.85. The van der Waals surface area contributed by atoms with Crippen molar-refractivity contribution in [3.8, 4) is 0 Å². The minimum atomic E-state index is -0.822. The van der Waals surface area contributed by atoms with E-state index in [0.29, 0.717) is 12.8 Å². The standard InChI is InChI=1S/C16H17NO3/c18-14(11-6-2-1-3-7-11)10-17-15(19)12-8-4-5-9-13(12)16(17)20/h1-7,12-14,18H,8-10H2. The number of hydrogen-bond acceptors (Lipinski definition) is 3. The molecule has 0 spiro atoms. The van der Waals surface area contributed by atoms with Crippen LogP contribution in [0.5, 0.6) is 0 Å². The van der Waals surface area contributed by atoms with E-state index < -0.39 is 6.10 Å². The average molecular weight is 271 g/mol. The number of aliphatic hydroxyl groups is 1. The molecule has 1 aliphatic carbocycles. The maximum atomic E-state index is 12.3. The van der Waals surface area contributed by atoms with E-state index in [1.807, 2.05) is 30.4 Å². The van der Waals surface area contributed by atoms with Crippen molar-refractivity contribution >= 4 is 11.8 Å². The van der Waals surface area contributed by atoms with Gasteiger partial charge in [-0.05, 0) is 18.4 Å². The van der Waals surface area contributed by atoms with Crippen LogP contribution < -0.4 is 0 Å². The van der Waals surface area contributed by atoms with Gasteiger partial charge in [-0.25, -0.2) is 0 Å². The first-order valence-corrected chi connectivity index (χ1v) is 6.91. The van der Waals surface area contributed by atoms with Crippen LogP contribution in [0.4, 0.5) is 0 Å². The van der Waals surface area contributed by atoms with Crippen LogP contribution in [0.3, 0.4) is 0 Å². The van der Waals surface area contributed by atoms with Crippen molar-refractivity contribution in [1.82, 2.24) is 4.90 Å². The van der Waals surface area contributed by atoms with Gasteiger partial charge in [-0.15, -0.1) is 0 Å². The molecule has 0 bridgehead atoms. The van der Waals surface area contributed by atoms with E-state index in [0.717, 1.165) is 5.56 Å². The van der Waals surface area contributed by atoms with Crippen molar-refractivity contribution < 1.29 is 14.7 Å². The Morgan fingerprint density at radius 3 is 2.15 bits per heavy atom. The van der Waals surface area contributed by atoms with Crippen molar-refractivity contribution in [3.05, 3.63) is 48.0 Å². The van der Waals surface area contributed by atoms with Crippen molar-refractivity contribution in [2.24, 2.45) is 11.8 Å². The third-order valence-electron chi connectivity index (χ3n) is 4.14. The molecule has 3 rings (SSSR count). The highest BCUT2D eigenvalue weighted by atomic mass is 16.3. The van der Waals surface area contributed by atoms with E-state index in [1.54, 1.807) is 12.1 Å². The Morgan fingerprint density at radius 1 is 1.05 bits per heavy atom. The summed E-state index contributed by atoms with van der Waals surface area (Å²) in [5.74, 6) is -0.732. The zero-order chi connectivity index (χ0) is 14.1. The second-order valence-electron chi connectivity index (χ2n) is 5.37. The highest BCUT2D eigenvalue weighted by Crippen LogP contribution is 2.35. The molecule has 1 aromatic carbocycles. The number of carbonyl (C=O) groups is 2. The molecule has 1 heterocycles. The van der Waals surface area contributed by atoms with Crippen molar-refractivity contribution in [2.45, 2.75) is 18.9 Å². The van der Waals surface area contributed by atoms with Gasteiger partial charge in [0.1, 0.15) is 0 Å². The quantitative estimate of drug-likeness (QED) is 0.672. The molecule has 2 aliphatic rings. The molecule has 0 aromatic heterocycles. The molecule has 4 heteroatoms. The van der Waals surface area contributed by atoms with Gasteiger partial charge in [0.05, 0.1) is 24.5 Å². The molecule has 3 unspecified atom stereocenters. The predicted molar refractivity (Wildman–Crippen MR) is 73.5 cm³/mol. The summed E-state index contributed by atoms with van der Waals surface area (Å²) < 4.78 is 0. The molecule has 1 N–H and O–H groups in total. The number of β-amino-alcohol motifs (C(OH)–C–C–N with tert-alkyl or cyclic N) is 1. The summed E-state index contributed by atoms with van der Waals surface area (Å²) in [7, 11) is 0. The Morgan fingerprint density at radius 2 is 1.60 bits per heavy atom. The zero-order valence-electron chi connectivity index (χ0n) is 11.1. The summed E-state index contributed by atoms with van der Waals surface area (Å²) in [6, 6.07) is 9.11. The second-order valence-corrected chi connectivity index (χ2v) is 5.37. The Bertz CT molecular complexity index is 526. The smallest absolute Gasteiger partial charge is 0.233 e. The minimum Gasteiger partial charge on any atom is -0.387 e. The van der Waals surface area contributed by atoms with Gasteiger partial charge in [0.15, 0.2) is 0 Å². The lowest BCUT2D eigenvalue weighted by Gasteiger charge is -2.19. The van der Waals surface area contributed by atoms with Crippen molar-refractivity contribution in [1.29, 1.82) is 0 Å². The van der Waals surface area contributed by atoms with Gasteiger partial charge in [-0.3, -0.25) is 14.5 Å². The van der Waals surface area contributed by atoms with Gasteiger partial charge in [-0.1, -0.05) is 42.5 Å². The number of allylic oxidation sites excluding steroid dienone is 2. The number of nitrogens with zero attached hydrogens (tertiary/aromatic N) is 1. The average Bonchev–Trinajstić information content (AvgIpc) is 2.74. The molecule has 104 valence electrons. The number of likely N-dealkylation sites (tertiary alicyclic amines) is 1. The van der Waals surface area contributed by atoms with E-state index in [9.17, 15) is 14.7 Å². The number of rotatable bonds is 3. The lowest BCUT2D eigenvalue weighted by Crippen LogP contribution is -2.35. The third kappa shape index (κ3) is 2.16. The zero-order valence-corrected chi connectivity index (χ0v) is 11.1. The Balaban J connectivity index is 1.75. The van der Waals surface area contributed by atoms with Gasteiger partial charge in [-0.2, -0.15) is 0 Å². The molecule has 0 saturated carbocycles. The van der Waals surface area contributed by atoms with Gasteiger partial charge in [0.25, 0.3) is 0 Å². The van der Waals surface area contributed by atoms with Crippen LogP contribution in [0.2, 0.25) is 0 Å². The molecule has 1 fully saturated rings. The highest BCUT2D eigenvalue weighted by molar-refractivity contribution is 6.05. The molecule has 20 heavy (non-hydrogen) atoms. The summed E-state index contributed by atoms with van der Waals surface area (Å²) in [4.78, 5) is 25.8. The predicted octanol–water partition coefficient (Wildman–Crippen LogP) is 1.67. The summed E-state index contributed by atoms with van der Waals surface area (Å²) >= 11 is 0. The fourth-order valence-electron chi connectivity index (χ4n) is 3.00. The van der Waals surface area contributed by atoms with Crippen LogP contribution in [-0.4, -0.2) is 28.4 Å². The summed E-state index contributed by atoms with van der Waals surface area (Å²) in [6.45, 7) is 0.0503. The SMILES string of the molecule is O=C1C2CC=CCC2C(=O)N1CC(O)c1ccccc1. The molecule has 1 aromatic rings. The van der Waals surface area contributed by atoms with Crippen LogP contribution >= 0.6 is 0 Å².